The van der Waals surface area contributed by atoms with E-state index < -0.39 is 0 Å². The van der Waals surface area contributed by atoms with Crippen LogP contribution in [0, 0.1) is 6.92 Å². The highest BCUT2D eigenvalue weighted by Crippen LogP contribution is 2.34. The first kappa shape index (κ1) is 14.3. The van der Waals surface area contributed by atoms with Gasteiger partial charge in [0.25, 0.3) is 5.91 Å². The Morgan fingerprint density at radius 2 is 2.13 bits per heavy atom. The van der Waals surface area contributed by atoms with E-state index in [1.807, 2.05) is 35.7 Å². The van der Waals surface area contributed by atoms with Crippen molar-refractivity contribution in [2.24, 2.45) is 0 Å². The summed E-state index contributed by atoms with van der Waals surface area (Å²) in [6, 6.07) is 0.191. The second kappa shape index (κ2) is 5.11. The highest BCUT2D eigenvalue weighted by Gasteiger charge is 2.32. The van der Waals surface area contributed by atoms with E-state index in [-0.39, 0.29) is 18.1 Å². The molecule has 0 radical (unpaired) electrons. The van der Waals surface area contributed by atoms with E-state index in [9.17, 15) is 4.79 Å². The number of aryl methyl sites for hydroxylation is 1. The molecule has 0 fully saturated rings. The Bertz CT molecular complexity index is 763. The Morgan fingerprint density at radius 3 is 2.96 bits per heavy atom. The number of aromatic nitrogens is 4. The van der Waals surface area contributed by atoms with E-state index in [2.05, 4.69) is 17.1 Å². The lowest BCUT2D eigenvalue weighted by atomic mass is 9.99. The standard InChI is InChI=1S/C16H21N5O2/c1-10-8-18-21-13(6-11(2)23-16(10)21)7-12-9-17-20-5-4-19(3)15(22)14(12)20/h8-9,11,13H,4-7H2,1-3H3. The summed E-state index contributed by atoms with van der Waals surface area (Å²) in [6.07, 6.45) is 5.45. The van der Waals surface area contributed by atoms with Crippen molar-refractivity contribution in [3.63, 3.8) is 0 Å². The first-order valence-corrected chi connectivity index (χ1v) is 8.05. The third-order valence-corrected chi connectivity index (χ3v) is 4.75. The minimum atomic E-state index is 0.0562. The number of likely N-dealkylation sites (N-methyl/N-ethyl adjacent to an activating group) is 1. The predicted molar refractivity (Wildman–Crippen MR) is 83.6 cm³/mol. The van der Waals surface area contributed by atoms with Crippen molar-refractivity contribution >= 4 is 5.91 Å². The molecule has 2 unspecified atom stereocenters. The number of ether oxygens (including phenoxy) is 1. The molecule has 2 aliphatic rings. The smallest absolute Gasteiger partial charge is 0.272 e. The minimum Gasteiger partial charge on any atom is -0.475 e. The molecule has 0 N–H and O–H groups in total. The molecule has 4 rings (SSSR count). The van der Waals surface area contributed by atoms with Crippen LogP contribution >= 0.6 is 0 Å². The zero-order valence-corrected chi connectivity index (χ0v) is 13.7. The van der Waals surface area contributed by atoms with Crippen molar-refractivity contribution in [1.82, 2.24) is 24.5 Å². The minimum absolute atomic E-state index is 0.0562. The monoisotopic (exact) mass is 315 g/mol. The normalized spacial score (nSPS) is 23.4. The fourth-order valence-corrected chi connectivity index (χ4v) is 3.51. The summed E-state index contributed by atoms with van der Waals surface area (Å²) in [5, 5.41) is 8.86. The highest BCUT2D eigenvalue weighted by atomic mass is 16.5. The third kappa shape index (κ3) is 2.22. The molecule has 0 aliphatic carbocycles. The van der Waals surface area contributed by atoms with E-state index in [4.69, 9.17) is 4.74 Å². The molecule has 0 saturated carbocycles. The number of fused-ring (bicyclic) bond motifs is 2. The van der Waals surface area contributed by atoms with Crippen LogP contribution in [0.2, 0.25) is 0 Å². The average molecular weight is 315 g/mol. The molecule has 1 amide bonds. The van der Waals surface area contributed by atoms with Crippen LogP contribution < -0.4 is 4.74 Å². The van der Waals surface area contributed by atoms with Crippen molar-refractivity contribution in [3.05, 3.63) is 29.2 Å². The second-order valence-corrected chi connectivity index (χ2v) is 6.57. The van der Waals surface area contributed by atoms with E-state index in [0.29, 0.717) is 6.54 Å². The molecule has 7 heteroatoms. The van der Waals surface area contributed by atoms with Crippen molar-refractivity contribution in [2.45, 2.75) is 45.4 Å². The molecule has 122 valence electrons. The van der Waals surface area contributed by atoms with E-state index in [1.54, 1.807) is 4.90 Å². The van der Waals surface area contributed by atoms with Crippen molar-refractivity contribution in [1.29, 1.82) is 0 Å². The van der Waals surface area contributed by atoms with Gasteiger partial charge in [-0.25, -0.2) is 4.68 Å². The summed E-state index contributed by atoms with van der Waals surface area (Å²) >= 11 is 0. The van der Waals surface area contributed by atoms with Crippen LogP contribution in [0.5, 0.6) is 5.88 Å². The summed E-state index contributed by atoms with van der Waals surface area (Å²) < 4.78 is 9.69. The zero-order chi connectivity index (χ0) is 16.1. The maximum atomic E-state index is 12.5. The van der Waals surface area contributed by atoms with E-state index in [0.717, 1.165) is 42.1 Å². The van der Waals surface area contributed by atoms with Gasteiger partial charge in [0.1, 0.15) is 5.69 Å². The number of carbonyl (C=O) groups is 1. The van der Waals surface area contributed by atoms with Gasteiger partial charge < -0.3 is 9.64 Å². The fourth-order valence-electron chi connectivity index (χ4n) is 3.51. The summed E-state index contributed by atoms with van der Waals surface area (Å²) in [5.74, 6) is 0.902. The van der Waals surface area contributed by atoms with Gasteiger partial charge in [-0.2, -0.15) is 10.2 Å². The van der Waals surface area contributed by atoms with Crippen LogP contribution in [0.3, 0.4) is 0 Å². The van der Waals surface area contributed by atoms with Crippen molar-refractivity contribution in [2.75, 3.05) is 13.6 Å². The van der Waals surface area contributed by atoms with Crippen molar-refractivity contribution < 1.29 is 9.53 Å². The Balaban J connectivity index is 1.67. The Kier molecular flexibility index (Phi) is 3.18. The number of hydrogen-bond acceptors (Lipinski definition) is 4. The number of hydrogen-bond donors (Lipinski definition) is 0. The molecular formula is C16H21N5O2. The largest absolute Gasteiger partial charge is 0.475 e. The van der Waals surface area contributed by atoms with Crippen LogP contribution in [0.4, 0.5) is 0 Å². The molecule has 0 aromatic carbocycles. The summed E-state index contributed by atoms with van der Waals surface area (Å²) in [4.78, 5) is 14.2. The average Bonchev–Trinajstić information content (AvgIpc) is 3.08. The topological polar surface area (TPSA) is 65.2 Å². The molecule has 0 bridgehead atoms. The van der Waals surface area contributed by atoms with Gasteiger partial charge in [0.05, 0.1) is 31.1 Å². The van der Waals surface area contributed by atoms with Gasteiger partial charge in [-0.15, -0.1) is 0 Å². The molecule has 2 atom stereocenters. The summed E-state index contributed by atoms with van der Waals surface area (Å²) in [7, 11) is 1.84. The first-order valence-electron chi connectivity index (χ1n) is 8.05. The van der Waals surface area contributed by atoms with Crippen LogP contribution in [0.15, 0.2) is 12.4 Å². The lowest BCUT2D eigenvalue weighted by molar-refractivity contribution is 0.0740. The molecule has 2 aromatic heterocycles. The first-order chi connectivity index (χ1) is 11.0. The molecule has 23 heavy (non-hydrogen) atoms. The van der Waals surface area contributed by atoms with Crippen LogP contribution in [-0.4, -0.2) is 50.1 Å². The Hall–Kier alpha value is -2.31. The van der Waals surface area contributed by atoms with Gasteiger partial charge in [-0.3, -0.25) is 9.48 Å². The summed E-state index contributed by atoms with van der Waals surface area (Å²) in [5.41, 5.74) is 2.78. The van der Waals surface area contributed by atoms with Gasteiger partial charge >= 0.3 is 0 Å². The number of amides is 1. The Labute approximate surface area is 134 Å². The molecular weight excluding hydrogens is 294 g/mol. The summed E-state index contributed by atoms with van der Waals surface area (Å²) in [6.45, 7) is 5.56. The van der Waals surface area contributed by atoms with E-state index >= 15 is 0 Å². The van der Waals surface area contributed by atoms with Crippen LogP contribution in [0.1, 0.15) is 41.0 Å². The molecule has 4 heterocycles. The lowest BCUT2D eigenvalue weighted by Gasteiger charge is -2.30. The highest BCUT2D eigenvalue weighted by molar-refractivity contribution is 5.94. The van der Waals surface area contributed by atoms with Gasteiger partial charge in [0.15, 0.2) is 0 Å². The zero-order valence-electron chi connectivity index (χ0n) is 13.7. The maximum Gasteiger partial charge on any atom is 0.272 e. The predicted octanol–water partition coefficient (Wildman–Crippen LogP) is 1.43. The molecule has 2 aliphatic heterocycles. The third-order valence-electron chi connectivity index (χ3n) is 4.75. The SMILES string of the molecule is Cc1cnn2c1OC(C)CC2Cc1cnn2c1C(=O)N(C)CC2. The number of rotatable bonds is 2. The second-order valence-electron chi connectivity index (χ2n) is 6.57. The number of nitrogens with zero attached hydrogens (tertiary/aromatic N) is 5. The Morgan fingerprint density at radius 1 is 1.30 bits per heavy atom. The molecule has 0 spiro atoms. The van der Waals surface area contributed by atoms with Gasteiger partial charge in [0.2, 0.25) is 5.88 Å². The van der Waals surface area contributed by atoms with Gasteiger partial charge in [0, 0.05) is 31.1 Å². The fraction of sp³-hybridized carbons (Fsp3) is 0.562. The quantitative estimate of drug-likeness (QED) is 0.841. The van der Waals surface area contributed by atoms with Gasteiger partial charge in [-0.1, -0.05) is 0 Å². The van der Waals surface area contributed by atoms with Crippen LogP contribution in [-0.2, 0) is 13.0 Å². The van der Waals surface area contributed by atoms with Gasteiger partial charge in [-0.05, 0) is 20.3 Å². The van der Waals surface area contributed by atoms with E-state index in [1.165, 1.54) is 0 Å². The van der Waals surface area contributed by atoms with Crippen molar-refractivity contribution in [3.8, 4) is 5.88 Å². The lowest BCUT2D eigenvalue weighted by Crippen LogP contribution is -2.38. The molecule has 0 saturated heterocycles. The molecule has 2 aromatic rings. The molecule has 7 nitrogen and oxygen atoms in total. The maximum absolute atomic E-state index is 12.5. The van der Waals surface area contributed by atoms with Crippen LogP contribution in [0.25, 0.3) is 0 Å². The number of carbonyl (C=O) groups excluding carboxylic acids is 1.